The first-order valence-electron chi connectivity index (χ1n) is 6.20. The molecule has 0 aromatic rings. The summed E-state index contributed by atoms with van der Waals surface area (Å²) in [4.78, 5) is 13.3. The van der Waals surface area contributed by atoms with Gasteiger partial charge in [0.15, 0.2) is 0 Å². The van der Waals surface area contributed by atoms with E-state index in [1.165, 1.54) is 0 Å². The Morgan fingerprint density at radius 1 is 1.35 bits per heavy atom. The van der Waals surface area contributed by atoms with Crippen molar-refractivity contribution in [2.75, 3.05) is 26.3 Å². The second-order valence-corrected chi connectivity index (χ2v) is 5.05. The first-order chi connectivity index (χ1) is 8.03. The Morgan fingerprint density at radius 3 is 2.35 bits per heavy atom. The quantitative estimate of drug-likeness (QED) is 0.775. The van der Waals surface area contributed by atoms with Gasteiger partial charge in [0.05, 0.1) is 6.10 Å². The van der Waals surface area contributed by atoms with E-state index >= 15 is 0 Å². The van der Waals surface area contributed by atoms with Gasteiger partial charge in [0.25, 0.3) is 0 Å². The third-order valence-electron chi connectivity index (χ3n) is 3.40. The van der Waals surface area contributed by atoms with Gasteiger partial charge in [0, 0.05) is 26.3 Å². The zero-order valence-corrected chi connectivity index (χ0v) is 10.7. The number of ether oxygens (including phenoxy) is 1. The highest BCUT2D eigenvalue weighted by Gasteiger charge is 2.35. The lowest BCUT2D eigenvalue weighted by Gasteiger charge is -2.40. The van der Waals surface area contributed by atoms with Crippen molar-refractivity contribution >= 4 is 6.09 Å². The fourth-order valence-electron chi connectivity index (χ4n) is 2.16. The first kappa shape index (κ1) is 14.3. The molecule has 0 aromatic heterocycles. The molecule has 1 amide bonds. The average molecular weight is 245 g/mol. The number of likely N-dealkylation sites (tertiary alicyclic amines) is 1. The summed E-state index contributed by atoms with van der Waals surface area (Å²) in [7, 11) is 0. The molecule has 1 heterocycles. The van der Waals surface area contributed by atoms with Crippen molar-refractivity contribution in [3.05, 3.63) is 0 Å². The van der Waals surface area contributed by atoms with Crippen LogP contribution >= 0.6 is 0 Å². The molecule has 1 aliphatic heterocycles. The molecule has 17 heavy (non-hydrogen) atoms. The minimum Gasteiger partial charge on any atom is -0.447 e. The number of piperidine rings is 1. The lowest BCUT2D eigenvalue weighted by molar-refractivity contribution is 0.0131. The minimum absolute atomic E-state index is 0.0701. The Bertz CT molecular complexity index is 247. The molecular formula is C12H23NO4. The van der Waals surface area contributed by atoms with Gasteiger partial charge in [-0.2, -0.15) is 0 Å². The van der Waals surface area contributed by atoms with Crippen molar-refractivity contribution in [3.8, 4) is 0 Å². The molecule has 5 heteroatoms. The highest BCUT2D eigenvalue weighted by Crippen LogP contribution is 2.34. The van der Waals surface area contributed by atoms with Crippen LogP contribution in [0.25, 0.3) is 0 Å². The molecule has 5 nitrogen and oxygen atoms in total. The van der Waals surface area contributed by atoms with Gasteiger partial charge < -0.3 is 19.8 Å². The third kappa shape index (κ3) is 3.85. The molecule has 100 valence electrons. The number of rotatable bonds is 4. The molecule has 0 saturated carbocycles. The summed E-state index contributed by atoms with van der Waals surface area (Å²) < 4.78 is 5.13. The second-order valence-electron chi connectivity index (χ2n) is 5.05. The van der Waals surface area contributed by atoms with E-state index in [2.05, 4.69) is 0 Å². The maximum absolute atomic E-state index is 11.7. The van der Waals surface area contributed by atoms with Crippen molar-refractivity contribution in [2.45, 2.75) is 39.2 Å². The molecule has 1 rings (SSSR count). The summed E-state index contributed by atoms with van der Waals surface area (Å²) in [5.41, 5.74) is -0.219. The topological polar surface area (TPSA) is 70.0 Å². The lowest BCUT2D eigenvalue weighted by Crippen LogP contribution is -2.45. The summed E-state index contributed by atoms with van der Waals surface area (Å²) in [5, 5.41) is 18.4. The van der Waals surface area contributed by atoms with E-state index in [-0.39, 0.29) is 30.8 Å². The molecule has 0 spiro atoms. The number of carbonyl (C=O) groups excluding carboxylic acids is 1. The molecule has 1 aliphatic rings. The second kappa shape index (κ2) is 6.21. The van der Waals surface area contributed by atoms with E-state index in [1.807, 2.05) is 13.8 Å². The van der Waals surface area contributed by atoms with Crippen molar-refractivity contribution in [2.24, 2.45) is 5.41 Å². The minimum atomic E-state index is -0.282. The van der Waals surface area contributed by atoms with Gasteiger partial charge in [-0.15, -0.1) is 0 Å². The Balaban J connectivity index is 2.46. The van der Waals surface area contributed by atoms with Crippen molar-refractivity contribution in [3.63, 3.8) is 0 Å². The zero-order chi connectivity index (χ0) is 12.9. The fourth-order valence-corrected chi connectivity index (χ4v) is 2.16. The van der Waals surface area contributed by atoms with Gasteiger partial charge in [-0.05, 0) is 38.5 Å². The predicted molar refractivity (Wildman–Crippen MR) is 63.6 cm³/mol. The maximum Gasteiger partial charge on any atom is 0.410 e. The number of aliphatic hydroxyl groups excluding tert-OH is 2. The van der Waals surface area contributed by atoms with Crippen LogP contribution in [0.2, 0.25) is 0 Å². The molecular weight excluding hydrogens is 222 g/mol. The molecule has 0 atom stereocenters. The van der Waals surface area contributed by atoms with E-state index < -0.39 is 0 Å². The first-order valence-corrected chi connectivity index (χ1v) is 6.20. The number of amides is 1. The zero-order valence-electron chi connectivity index (χ0n) is 10.7. The van der Waals surface area contributed by atoms with Crippen LogP contribution in [0, 0.1) is 5.41 Å². The van der Waals surface area contributed by atoms with E-state index in [1.54, 1.807) is 4.90 Å². The van der Waals surface area contributed by atoms with Gasteiger partial charge in [-0.1, -0.05) is 0 Å². The van der Waals surface area contributed by atoms with Crippen LogP contribution in [0.4, 0.5) is 4.79 Å². The molecule has 0 aromatic carbocycles. The summed E-state index contributed by atoms with van der Waals surface area (Å²) in [6.07, 6.45) is 1.64. The predicted octanol–water partition coefficient (Wildman–Crippen LogP) is 0.988. The summed E-state index contributed by atoms with van der Waals surface area (Å²) in [5.74, 6) is 0. The number of hydrogen-bond donors (Lipinski definition) is 2. The van der Waals surface area contributed by atoms with Crippen LogP contribution in [0.5, 0.6) is 0 Å². The normalized spacial score (nSPS) is 19.5. The molecule has 1 saturated heterocycles. The van der Waals surface area contributed by atoms with Crippen LogP contribution in [0.1, 0.15) is 33.1 Å². The molecule has 0 radical (unpaired) electrons. The Kier molecular flexibility index (Phi) is 5.21. The van der Waals surface area contributed by atoms with Crippen LogP contribution in [0.15, 0.2) is 0 Å². The Morgan fingerprint density at radius 2 is 1.94 bits per heavy atom. The van der Waals surface area contributed by atoms with Gasteiger partial charge in [-0.3, -0.25) is 0 Å². The highest BCUT2D eigenvalue weighted by molar-refractivity contribution is 5.67. The summed E-state index contributed by atoms with van der Waals surface area (Å²) >= 11 is 0. The van der Waals surface area contributed by atoms with Crippen molar-refractivity contribution in [1.82, 2.24) is 4.90 Å². The SMILES string of the molecule is CC(C)OC(=O)N1CCC(CO)(CCO)CC1. The number of carbonyl (C=O) groups is 1. The van der Waals surface area contributed by atoms with E-state index in [0.29, 0.717) is 19.5 Å². The number of nitrogens with zero attached hydrogens (tertiary/aromatic N) is 1. The smallest absolute Gasteiger partial charge is 0.410 e. The average Bonchev–Trinajstić information content (AvgIpc) is 2.29. The molecule has 1 fully saturated rings. The third-order valence-corrected chi connectivity index (χ3v) is 3.40. The Labute approximate surface area is 102 Å². The van der Waals surface area contributed by atoms with Gasteiger partial charge in [-0.25, -0.2) is 4.79 Å². The molecule has 0 bridgehead atoms. The standard InChI is InChI=1S/C12H23NO4/c1-10(2)17-11(16)13-6-3-12(9-15,4-7-13)5-8-14/h10,14-15H,3-9H2,1-2H3. The lowest BCUT2D eigenvalue weighted by atomic mass is 9.77. The molecule has 2 N–H and O–H groups in total. The van der Waals surface area contributed by atoms with Gasteiger partial charge in [0.2, 0.25) is 0 Å². The van der Waals surface area contributed by atoms with E-state index in [4.69, 9.17) is 9.84 Å². The number of aliphatic hydroxyl groups is 2. The van der Waals surface area contributed by atoms with Crippen LogP contribution in [0.3, 0.4) is 0 Å². The van der Waals surface area contributed by atoms with Gasteiger partial charge in [0.1, 0.15) is 0 Å². The fraction of sp³-hybridized carbons (Fsp3) is 0.917. The highest BCUT2D eigenvalue weighted by atomic mass is 16.6. The van der Waals surface area contributed by atoms with Gasteiger partial charge >= 0.3 is 6.09 Å². The largest absolute Gasteiger partial charge is 0.447 e. The molecule has 0 aliphatic carbocycles. The van der Waals surface area contributed by atoms with E-state index in [0.717, 1.165) is 12.8 Å². The summed E-state index contributed by atoms with van der Waals surface area (Å²) in [6.45, 7) is 4.98. The van der Waals surface area contributed by atoms with Crippen LogP contribution < -0.4 is 0 Å². The molecule has 0 unspecified atom stereocenters. The van der Waals surface area contributed by atoms with E-state index in [9.17, 15) is 9.90 Å². The van der Waals surface area contributed by atoms with Crippen molar-refractivity contribution in [1.29, 1.82) is 0 Å². The summed E-state index contributed by atoms with van der Waals surface area (Å²) in [6, 6.07) is 0. The monoisotopic (exact) mass is 245 g/mol. The van der Waals surface area contributed by atoms with Crippen molar-refractivity contribution < 1.29 is 19.7 Å². The number of hydrogen-bond acceptors (Lipinski definition) is 4. The van der Waals surface area contributed by atoms with Crippen LogP contribution in [-0.4, -0.2) is 53.6 Å². The Hall–Kier alpha value is -0.810. The maximum atomic E-state index is 11.7. The van der Waals surface area contributed by atoms with Crippen LogP contribution in [-0.2, 0) is 4.74 Å².